The van der Waals surface area contributed by atoms with Gasteiger partial charge in [0.25, 0.3) is 0 Å². The van der Waals surface area contributed by atoms with Crippen molar-refractivity contribution < 1.29 is 26.4 Å². The molecule has 2 fully saturated rings. The number of anilines is 2. The van der Waals surface area contributed by atoms with Gasteiger partial charge in [0.15, 0.2) is 9.84 Å². The molecule has 2 aromatic rings. The summed E-state index contributed by atoms with van der Waals surface area (Å²) in [6, 6.07) is 9.55. The van der Waals surface area contributed by atoms with Crippen LogP contribution in [-0.4, -0.2) is 38.0 Å². The van der Waals surface area contributed by atoms with E-state index >= 15 is 0 Å². The number of alkyl halides is 3. The number of benzene rings is 2. The number of sulfone groups is 1. The van der Waals surface area contributed by atoms with Crippen LogP contribution in [0, 0.1) is 6.92 Å². The van der Waals surface area contributed by atoms with Crippen molar-refractivity contribution in [1.29, 1.82) is 0 Å². The highest BCUT2D eigenvalue weighted by Crippen LogP contribution is 2.39. The molecule has 148 valence electrons. The minimum Gasteiger partial charge on any atom is -0.288 e. The lowest BCUT2D eigenvalue weighted by Gasteiger charge is -2.23. The molecule has 0 aromatic heterocycles. The Morgan fingerprint density at radius 3 is 2.07 bits per heavy atom. The van der Waals surface area contributed by atoms with E-state index in [0.29, 0.717) is 5.69 Å². The molecule has 5 nitrogen and oxygen atoms in total. The summed E-state index contributed by atoms with van der Waals surface area (Å²) in [5.41, 5.74) is 0.656. The van der Waals surface area contributed by atoms with Gasteiger partial charge in [-0.15, -0.1) is 0 Å². The summed E-state index contributed by atoms with van der Waals surface area (Å²) in [5, 5.41) is 0. The Balaban J connectivity index is 1.80. The van der Waals surface area contributed by atoms with Crippen molar-refractivity contribution in [3.05, 3.63) is 59.7 Å². The van der Waals surface area contributed by atoms with E-state index in [4.69, 9.17) is 0 Å². The van der Waals surface area contributed by atoms with E-state index in [1.807, 2.05) is 6.92 Å². The second kappa shape index (κ2) is 6.23. The van der Waals surface area contributed by atoms with Crippen LogP contribution in [0.1, 0.15) is 11.1 Å². The lowest BCUT2D eigenvalue weighted by molar-refractivity contribution is -0.137. The van der Waals surface area contributed by atoms with Crippen LogP contribution < -0.4 is 9.80 Å². The molecule has 2 atom stereocenters. The number of amides is 2. The van der Waals surface area contributed by atoms with E-state index in [2.05, 4.69) is 0 Å². The maximum Gasteiger partial charge on any atom is 0.416 e. The monoisotopic (exact) mass is 410 g/mol. The van der Waals surface area contributed by atoms with Crippen molar-refractivity contribution >= 4 is 27.2 Å². The zero-order valence-electron chi connectivity index (χ0n) is 14.8. The maximum absolute atomic E-state index is 13.2. The quantitative estimate of drug-likeness (QED) is 0.711. The van der Waals surface area contributed by atoms with E-state index in [-0.39, 0.29) is 17.2 Å². The Morgan fingerprint density at radius 2 is 1.50 bits per heavy atom. The molecule has 2 aliphatic heterocycles. The van der Waals surface area contributed by atoms with Gasteiger partial charge in [-0.1, -0.05) is 23.8 Å². The Morgan fingerprint density at radius 1 is 0.929 bits per heavy atom. The Bertz CT molecular complexity index is 1040. The molecule has 0 saturated carbocycles. The summed E-state index contributed by atoms with van der Waals surface area (Å²) < 4.78 is 63.8. The molecule has 2 amide bonds. The van der Waals surface area contributed by atoms with Gasteiger partial charge in [-0.3, -0.25) is 9.80 Å². The first-order valence-corrected chi connectivity index (χ1v) is 10.5. The molecule has 0 spiro atoms. The fourth-order valence-corrected chi connectivity index (χ4v) is 5.76. The summed E-state index contributed by atoms with van der Waals surface area (Å²) in [6.45, 7) is 1.88. The number of halogens is 3. The Labute approximate surface area is 160 Å². The summed E-state index contributed by atoms with van der Waals surface area (Å²) in [4.78, 5) is 15.7. The molecule has 9 heteroatoms. The number of hydrogen-bond acceptors (Lipinski definition) is 3. The van der Waals surface area contributed by atoms with Crippen LogP contribution in [0.4, 0.5) is 29.3 Å². The third kappa shape index (κ3) is 3.13. The average Bonchev–Trinajstić information content (AvgIpc) is 3.04. The number of hydrogen-bond donors (Lipinski definition) is 0. The van der Waals surface area contributed by atoms with Crippen LogP contribution in [0.5, 0.6) is 0 Å². The van der Waals surface area contributed by atoms with Crippen LogP contribution >= 0.6 is 0 Å². The van der Waals surface area contributed by atoms with Gasteiger partial charge in [-0.05, 0) is 37.3 Å². The topological polar surface area (TPSA) is 57.7 Å². The maximum atomic E-state index is 13.2. The van der Waals surface area contributed by atoms with Crippen LogP contribution in [0.3, 0.4) is 0 Å². The molecule has 2 saturated heterocycles. The number of urea groups is 1. The molecular weight excluding hydrogens is 393 g/mol. The first-order valence-electron chi connectivity index (χ1n) is 8.64. The number of carbonyl (C=O) groups excluding carboxylic acids is 1. The van der Waals surface area contributed by atoms with Gasteiger partial charge in [-0.25, -0.2) is 13.2 Å². The second-order valence-corrected chi connectivity index (χ2v) is 9.27. The smallest absolute Gasteiger partial charge is 0.288 e. The molecular formula is C19H17F3N2O3S. The first kappa shape index (κ1) is 18.8. The second-order valence-electron chi connectivity index (χ2n) is 7.12. The van der Waals surface area contributed by atoms with E-state index in [0.717, 1.165) is 17.7 Å². The van der Waals surface area contributed by atoms with Crippen LogP contribution in [0.25, 0.3) is 0 Å². The van der Waals surface area contributed by atoms with Crippen molar-refractivity contribution in [3.8, 4) is 0 Å². The highest BCUT2D eigenvalue weighted by Gasteiger charge is 2.54. The minimum absolute atomic E-state index is 0.0431. The number of carbonyl (C=O) groups is 1. The van der Waals surface area contributed by atoms with Crippen molar-refractivity contribution in [2.24, 2.45) is 0 Å². The van der Waals surface area contributed by atoms with Gasteiger partial charge in [0.2, 0.25) is 0 Å². The van der Waals surface area contributed by atoms with E-state index in [1.54, 1.807) is 24.3 Å². The SMILES string of the molecule is Cc1ccc(N2C(=O)N(c3cccc(C(F)(F)F)c3)[C@H]3CS(=O)(=O)C[C@@H]32)cc1. The van der Waals surface area contributed by atoms with Crippen molar-refractivity contribution in [3.63, 3.8) is 0 Å². The molecule has 0 N–H and O–H groups in total. The summed E-state index contributed by atoms with van der Waals surface area (Å²) in [6.07, 6.45) is -4.56. The normalized spacial score (nSPS) is 23.9. The Hall–Kier alpha value is -2.55. The number of fused-ring (bicyclic) bond motifs is 1. The van der Waals surface area contributed by atoms with Crippen LogP contribution in [0.15, 0.2) is 48.5 Å². The first-order chi connectivity index (χ1) is 13.1. The highest BCUT2D eigenvalue weighted by atomic mass is 32.2. The van der Waals surface area contributed by atoms with Gasteiger partial charge in [0, 0.05) is 11.4 Å². The third-order valence-corrected chi connectivity index (χ3v) is 6.83. The van der Waals surface area contributed by atoms with Gasteiger partial charge < -0.3 is 0 Å². The fraction of sp³-hybridized carbons (Fsp3) is 0.316. The van der Waals surface area contributed by atoms with Crippen LogP contribution in [-0.2, 0) is 16.0 Å². The Kier molecular flexibility index (Phi) is 4.18. The largest absolute Gasteiger partial charge is 0.416 e. The van der Waals surface area contributed by atoms with Gasteiger partial charge >= 0.3 is 12.2 Å². The molecule has 0 radical (unpaired) electrons. The van der Waals surface area contributed by atoms with Crippen LogP contribution in [0.2, 0.25) is 0 Å². The molecule has 2 heterocycles. The standard InChI is InChI=1S/C19H17F3N2O3S/c1-12-5-7-14(8-6-12)23-16-10-28(26,27)11-17(16)24(18(23)25)15-4-2-3-13(9-15)19(20,21)22/h2-9,16-17H,10-11H2,1H3/t16-,17-/m0/s1. The van der Waals surface area contributed by atoms with Gasteiger partial charge in [0.05, 0.1) is 29.2 Å². The molecule has 4 rings (SSSR count). The lowest BCUT2D eigenvalue weighted by Crippen LogP contribution is -2.38. The van der Waals surface area contributed by atoms with E-state index in [1.165, 1.54) is 21.9 Å². The molecule has 0 unspecified atom stereocenters. The van der Waals surface area contributed by atoms with Crippen molar-refractivity contribution in [2.45, 2.75) is 25.2 Å². The summed E-state index contributed by atoms with van der Waals surface area (Å²) in [7, 11) is -3.42. The molecule has 2 aliphatic rings. The lowest BCUT2D eigenvalue weighted by atomic mass is 10.1. The van der Waals surface area contributed by atoms with Crippen molar-refractivity contribution in [2.75, 3.05) is 21.3 Å². The van der Waals surface area contributed by atoms with E-state index < -0.39 is 39.7 Å². The van der Waals surface area contributed by atoms with Gasteiger partial charge in [-0.2, -0.15) is 13.2 Å². The zero-order valence-corrected chi connectivity index (χ0v) is 15.7. The summed E-state index contributed by atoms with van der Waals surface area (Å²) in [5.74, 6) is -0.491. The van der Waals surface area contributed by atoms with E-state index in [9.17, 15) is 26.4 Å². The summed E-state index contributed by atoms with van der Waals surface area (Å²) >= 11 is 0. The number of aryl methyl sites for hydroxylation is 1. The van der Waals surface area contributed by atoms with Gasteiger partial charge in [0.1, 0.15) is 0 Å². The molecule has 0 aliphatic carbocycles. The molecule has 2 aromatic carbocycles. The minimum atomic E-state index is -4.56. The predicted octanol–water partition coefficient (Wildman–Crippen LogP) is 3.63. The number of nitrogens with zero attached hydrogens (tertiary/aromatic N) is 2. The molecule has 0 bridgehead atoms. The highest BCUT2D eigenvalue weighted by molar-refractivity contribution is 7.91. The zero-order chi connectivity index (χ0) is 20.3. The fourth-order valence-electron chi connectivity index (χ4n) is 3.84. The molecule has 28 heavy (non-hydrogen) atoms. The third-order valence-electron chi connectivity index (χ3n) is 5.13. The van der Waals surface area contributed by atoms with Crippen molar-refractivity contribution in [1.82, 2.24) is 0 Å². The predicted molar refractivity (Wildman–Crippen MR) is 99.2 cm³/mol. The number of rotatable bonds is 2. The average molecular weight is 410 g/mol.